The van der Waals surface area contributed by atoms with Crippen molar-refractivity contribution < 1.29 is 19.4 Å². The van der Waals surface area contributed by atoms with Crippen LogP contribution in [0.3, 0.4) is 0 Å². The molecule has 1 aromatic heterocycles. The van der Waals surface area contributed by atoms with Crippen molar-refractivity contribution in [3.8, 4) is 11.5 Å². The van der Waals surface area contributed by atoms with Crippen molar-refractivity contribution in [2.24, 2.45) is 5.10 Å². The van der Waals surface area contributed by atoms with E-state index in [1.54, 1.807) is 54.6 Å². The van der Waals surface area contributed by atoms with E-state index < -0.39 is 17.2 Å². The minimum atomic E-state index is -0.990. The van der Waals surface area contributed by atoms with Crippen molar-refractivity contribution in [1.82, 2.24) is 9.66 Å². The summed E-state index contributed by atoms with van der Waals surface area (Å²) in [6.07, 6.45) is 1.39. The number of aromatic carboxylic acids is 1. The number of carbonyl (C=O) groups is 1. The molecule has 1 heterocycles. The summed E-state index contributed by atoms with van der Waals surface area (Å²) in [7, 11) is 0. The highest BCUT2D eigenvalue weighted by Crippen LogP contribution is 2.29. The van der Waals surface area contributed by atoms with E-state index in [0.29, 0.717) is 34.6 Å². The van der Waals surface area contributed by atoms with Crippen LogP contribution in [-0.4, -0.2) is 33.6 Å². The Labute approximate surface area is 193 Å². The Bertz CT molecular complexity index is 1490. The van der Waals surface area contributed by atoms with Gasteiger partial charge in [0.2, 0.25) is 0 Å². The predicted octanol–water partition coefficient (Wildman–Crippen LogP) is 3.25. The molecular formula is C25H21N3O6. The third-order valence-electron chi connectivity index (χ3n) is 4.97. The van der Waals surface area contributed by atoms with Gasteiger partial charge in [0, 0.05) is 0 Å². The van der Waals surface area contributed by atoms with Crippen molar-refractivity contribution in [3.63, 3.8) is 0 Å². The average molecular weight is 459 g/mol. The zero-order valence-corrected chi connectivity index (χ0v) is 18.2. The van der Waals surface area contributed by atoms with Crippen LogP contribution in [0.15, 0.2) is 81.4 Å². The molecule has 34 heavy (non-hydrogen) atoms. The van der Waals surface area contributed by atoms with E-state index >= 15 is 0 Å². The number of fused-ring (bicyclic) bond motifs is 1. The summed E-state index contributed by atoms with van der Waals surface area (Å²) in [5.74, 6) is -0.0355. The van der Waals surface area contributed by atoms with Gasteiger partial charge in [-0.2, -0.15) is 5.10 Å². The van der Waals surface area contributed by atoms with Gasteiger partial charge in [0.05, 0.1) is 29.3 Å². The van der Waals surface area contributed by atoms with E-state index in [1.165, 1.54) is 18.3 Å². The van der Waals surface area contributed by atoms with Crippen LogP contribution in [0.1, 0.15) is 28.4 Å². The molecule has 172 valence electrons. The lowest BCUT2D eigenvalue weighted by Crippen LogP contribution is -2.32. The largest absolute Gasteiger partial charge is 0.490 e. The maximum absolute atomic E-state index is 12.6. The van der Waals surface area contributed by atoms with Crippen LogP contribution in [0.4, 0.5) is 0 Å². The fraction of sp³-hybridized carbons (Fsp3) is 0.120. The standard InChI is InChI=1S/C25H21N3O6/c1-2-33-22-13-17(9-12-21(22)34-15-16-7-10-18(11-8-16)24(30)31)14-26-28-23(29)19-5-3-4-6-20(19)27-25(28)32/h3-14H,2,15H2,1H3,(H,27,32)(H,30,31). The first-order valence-corrected chi connectivity index (χ1v) is 10.5. The monoisotopic (exact) mass is 459 g/mol. The summed E-state index contributed by atoms with van der Waals surface area (Å²) in [5.41, 5.74) is 0.885. The second-order valence-corrected chi connectivity index (χ2v) is 7.27. The van der Waals surface area contributed by atoms with Gasteiger partial charge in [-0.15, -0.1) is 4.68 Å². The number of carboxylic acids is 1. The number of H-pyrrole nitrogens is 1. The molecule has 0 fully saturated rings. The lowest BCUT2D eigenvalue weighted by Gasteiger charge is -2.13. The van der Waals surface area contributed by atoms with Gasteiger partial charge in [-0.3, -0.25) is 4.79 Å². The minimum absolute atomic E-state index is 0.201. The third-order valence-corrected chi connectivity index (χ3v) is 4.97. The Morgan fingerprint density at radius 1 is 1.03 bits per heavy atom. The highest BCUT2D eigenvalue weighted by Gasteiger charge is 2.09. The Balaban J connectivity index is 1.56. The molecule has 0 saturated carbocycles. The fourth-order valence-electron chi connectivity index (χ4n) is 3.28. The number of carboxylic acid groups (broad SMARTS) is 1. The van der Waals surface area contributed by atoms with Crippen LogP contribution in [0.5, 0.6) is 11.5 Å². The molecule has 0 radical (unpaired) electrons. The normalized spacial score (nSPS) is 11.1. The quantitative estimate of drug-likeness (QED) is 0.390. The molecule has 4 rings (SSSR count). The Morgan fingerprint density at radius 2 is 1.79 bits per heavy atom. The minimum Gasteiger partial charge on any atom is -0.490 e. The SMILES string of the molecule is CCOc1cc(C=Nn2c(=O)[nH]c3ccccc3c2=O)ccc1OCc1ccc(C(=O)O)cc1. The summed E-state index contributed by atoms with van der Waals surface area (Å²) in [5, 5.41) is 13.4. The summed E-state index contributed by atoms with van der Waals surface area (Å²) in [4.78, 5) is 38.5. The fourth-order valence-corrected chi connectivity index (χ4v) is 3.28. The highest BCUT2D eigenvalue weighted by atomic mass is 16.5. The Kier molecular flexibility index (Phi) is 6.54. The Hall–Kier alpha value is -4.66. The summed E-state index contributed by atoms with van der Waals surface area (Å²) < 4.78 is 12.3. The van der Waals surface area contributed by atoms with Gasteiger partial charge < -0.3 is 19.6 Å². The number of rotatable bonds is 8. The van der Waals surface area contributed by atoms with Gasteiger partial charge in [-0.1, -0.05) is 24.3 Å². The second-order valence-electron chi connectivity index (χ2n) is 7.27. The number of hydrogen-bond acceptors (Lipinski definition) is 6. The van der Waals surface area contributed by atoms with Crippen molar-refractivity contribution in [2.75, 3.05) is 6.61 Å². The van der Waals surface area contributed by atoms with Crippen LogP contribution in [0.2, 0.25) is 0 Å². The lowest BCUT2D eigenvalue weighted by molar-refractivity contribution is 0.0697. The van der Waals surface area contributed by atoms with Gasteiger partial charge in [-0.05, 0) is 60.5 Å². The smallest absolute Gasteiger partial charge is 0.349 e. The summed E-state index contributed by atoms with van der Waals surface area (Å²) in [6, 6.07) is 18.2. The van der Waals surface area contributed by atoms with Crippen molar-refractivity contribution in [3.05, 3.63) is 104 Å². The van der Waals surface area contributed by atoms with Crippen LogP contribution < -0.4 is 20.7 Å². The molecule has 4 aromatic rings. The van der Waals surface area contributed by atoms with Gasteiger partial charge in [-0.25, -0.2) is 9.59 Å². The highest BCUT2D eigenvalue weighted by molar-refractivity contribution is 5.87. The molecule has 0 aliphatic carbocycles. The molecule has 0 bridgehead atoms. The van der Waals surface area contributed by atoms with Crippen LogP contribution in [0, 0.1) is 0 Å². The van der Waals surface area contributed by atoms with Crippen LogP contribution >= 0.6 is 0 Å². The molecule has 0 spiro atoms. The zero-order valence-electron chi connectivity index (χ0n) is 18.2. The number of ether oxygens (including phenoxy) is 2. The molecule has 2 N–H and O–H groups in total. The first-order chi connectivity index (χ1) is 16.5. The van der Waals surface area contributed by atoms with E-state index in [1.807, 2.05) is 6.92 Å². The van der Waals surface area contributed by atoms with E-state index in [9.17, 15) is 14.4 Å². The number of para-hydroxylation sites is 1. The summed E-state index contributed by atoms with van der Waals surface area (Å²) >= 11 is 0. The molecule has 9 heteroatoms. The van der Waals surface area contributed by atoms with E-state index in [2.05, 4.69) is 10.1 Å². The molecule has 3 aromatic carbocycles. The molecule has 9 nitrogen and oxygen atoms in total. The maximum Gasteiger partial charge on any atom is 0.349 e. The third kappa shape index (κ3) is 4.88. The topological polar surface area (TPSA) is 123 Å². The van der Waals surface area contributed by atoms with Crippen molar-refractivity contribution in [2.45, 2.75) is 13.5 Å². The predicted molar refractivity (Wildman–Crippen MR) is 127 cm³/mol. The van der Waals surface area contributed by atoms with Crippen LogP contribution in [-0.2, 0) is 6.61 Å². The Morgan fingerprint density at radius 3 is 2.53 bits per heavy atom. The van der Waals surface area contributed by atoms with Gasteiger partial charge >= 0.3 is 11.7 Å². The number of nitrogens with one attached hydrogen (secondary N) is 1. The van der Waals surface area contributed by atoms with Crippen molar-refractivity contribution in [1.29, 1.82) is 0 Å². The summed E-state index contributed by atoms with van der Waals surface area (Å²) in [6.45, 7) is 2.45. The molecule has 0 amide bonds. The number of aromatic nitrogens is 2. The number of nitrogens with zero attached hydrogens (tertiary/aromatic N) is 2. The molecule has 0 saturated heterocycles. The first kappa shape index (κ1) is 22.5. The molecule has 0 unspecified atom stereocenters. The zero-order chi connectivity index (χ0) is 24.1. The molecule has 0 atom stereocenters. The average Bonchev–Trinajstić information content (AvgIpc) is 2.84. The second kappa shape index (κ2) is 9.86. The molecular weight excluding hydrogens is 438 g/mol. The maximum atomic E-state index is 12.6. The number of hydrogen-bond donors (Lipinski definition) is 2. The van der Waals surface area contributed by atoms with Gasteiger partial charge in [0.1, 0.15) is 6.61 Å². The van der Waals surface area contributed by atoms with Crippen LogP contribution in [0.25, 0.3) is 10.9 Å². The lowest BCUT2D eigenvalue weighted by atomic mass is 10.1. The van der Waals surface area contributed by atoms with Crippen molar-refractivity contribution >= 4 is 23.1 Å². The van der Waals surface area contributed by atoms with E-state index in [0.717, 1.165) is 10.2 Å². The first-order valence-electron chi connectivity index (χ1n) is 10.5. The van der Waals surface area contributed by atoms with E-state index in [-0.39, 0.29) is 12.2 Å². The molecule has 0 aliphatic rings. The van der Waals surface area contributed by atoms with Gasteiger partial charge in [0.15, 0.2) is 11.5 Å². The number of benzene rings is 3. The van der Waals surface area contributed by atoms with E-state index in [4.69, 9.17) is 14.6 Å². The van der Waals surface area contributed by atoms with Gasteiger partial charge in [0.25, 0.3) is 5.56 Å². The number of aromatic amines is 1. The molecule has 0 aliphatic heterocycles.